The number of benzene rings is 1. The molecule has 114 valence electrons. The van der Waals surface area contributed by atoms with Crippen LogP contribution in [0.2, 0.25) is 4.34 Å². The van der Waals surface area contributed by atoms with Gasteiger partial charge in [-0.05, 0) is 31.7 Å². The summed E-state index contributed by atoms with van der Waals surface area (Å²) in [7, 11) is 2.05. The maximum atomic E-state index is 6.06. The second-order valence-corrected chi connectivity index (χ2v) is 6.37. The second-order valence-electron chi connectivity index (χ2n) is 5.02. The van der Waals surface area contributed by atoms with Crippen LogP contribution in [0.1, 0.15) is 24.2 Å². The summed E-state index contributed by atoms with van der Waals surface area (Å²) < 4.78 is 6.25. The van der Waals surface area contributed by atoms with Crippen LogP contribution in [0.4, 0.5) is 0 Å². The molecule has 0 saturated carbocycles. The smallest absolute Gasteiger partial charge is 0.138 e. The Morgan fingerprint density at radius 1 is 1.32 bits per heavy atom. The van der Waals surface area contributed by atoms with Gasteiger partial charge in [0.05, 0.1) is 5.69 Å². The molecule has 22 heavy (non-hydrogen) atoms. The Bertz CT molecular complexity index is 724. The highest BCUT2D eigenvalue weighted by molar-refractivity contribution is 7.10. The van der Waals surface area contributed by atoms with Crippen molar-refractivity contribution in [1.29, 1.82) is 0 Å². The van der Waals surface area contributed by atoms with Crippen molar-refractivity contribution < 1.29 is 0 Å². The average molecular weight is 335 g/mol. The molecule has 2 heterocycles. The van der Waals surface area contributed by atoms with Gasteiger partial charge in [0.2, 0.25) is 0 Å². The fourth-order valence-corrected chi connectivity index (χ4v) is 2.78. The predicted octanol–water partition coefficient (Wildman–Crippen LogP) is 2.97. The summed E-state index contributed by atoms with van der Waals surface area (Å²) in [5.41, 5.74) is 3.02. The van der Waals surface area contributed by atoms with Crippen molar-refractivity contribution in [1.82, 2.24) is 29.3 Å². The van der Waals surface area contributed by atoms with E-state index < -0.39 is 0 Å². The van der Waals surface area contributed by atoms with Crippen molar-refractivity contribution in [2.75, 3.05) is 7.05 Å². The van der Waals surface area contributed by atoms with Gasteiger partial charge in [-0.2, -0.15) is 5.10 Å². The molecular formula is C14H15ClN6S. The first-order valence-corrected chi connectivity index (χ1v) is 7.92. The molecular weight excluding hydrogens is 320 g/mol. The second kappa shape index (κ2) is 6.51. The third kappa shape index (κ3) is 3.16. The van der Waals surface area contributed by atoms with Crippen LogP contribution < -0.4 is 0 Å². The van der Waals surface area contributed by atoms with Crippen LogP contribution in [0, 0.1) is 0 Å². The summed E-state index contributed by atoms with van der Waals surface area (Å²) in [5, 5.41) is 8.18. The molecule has 0 saturated heterocycles. The SMILES string of the molecule is C[C@H](c1ccc(-n2cncn2)cc1)N(C)Cc1nnsc1Cl. The van der Waals surface area contributed by atoms with Gasteiger partial charge in [-0.1, -0.05) is 28.2 Å². The highest BCUT2D eigenvalue weighted by Gasteiger charge is 2.15. The van der Waals surface area contributed by atoms with Crippen molar-refractivity contribution in [2.45, 2.75) is 19.5 Å². The molecule has 1 atom stereocenters. The minimum atomic E-state index is 0.238. The number of hydrogen-bond donors (Lipinski definition) is 0. The Hall–Kier alpha value is -1.83. The number of rotatable bonds is 5. The molecule has 0 bridgehead atoms. The number of aromatic nitrogens is 5. The van der Waals surface area contributed by atoms with Gasteiger partial charge in [0, 0.05) is 24.1 Å². The minimum absolute atomic E-state index is 0.238. The van der Waals surface area contributed by atoms with E-state index in [0.29, 0.717) is 10.9 Å². The van der Waals surface area contributed by atoms with E-state index in [9.17, 15) is 0 Å². The van der Waals surface area contributed by atoms with Crippen molar-refractivity contribution in [3.05, 3.63) is 52.5 Å². The van der Waals surface area contributed by atoms with Crippen molar-refractivity contribution in [3.8, 4) is 5.69 Å². The molecule has 0 amide bonds. The number of hydrogen-bond acceptors (Lipinski definition) is 6. The standard InChI is InChI=1S/C14H15ClN6S/c1-10(20(2)7-13-14(15)22-19-18-13)11-3-5-12(6-4-11)21-9-16-8-17-21/h3-6,8-10H,7H2,1-2H3/t10-/m1/s1. The van der Waals surface area contributed by atoms with E-state index >= 15 is 0 Å². The molecule has 8 heteroatoms. The van der Waals surface area contributed by atoms with Crippen LogP contribution in [0.5, 0.6) is 0 Å². The number of nitrogens with zero attached hydrogens (tertiary/aromatic N) is 6. The van der Waals surface area contributed by atoms with Gasteiger partial charge in [0.1, 0.15) is 22.7 Å². The van der Waals surface area contributed by atoms with E-state index in [1.165, 1.54) is 23.4 Å². The van der Waals surface area contributed by atoms with Crippen LogP contribution in [0.25, 0.3) is 5.69 Å². The molecule has 0 aliphatic heterocycles. The topological polar surface area (TPSA) is 59.7 Å². The lowest BCUT2D eigenvalue weighted by molar-refractivity contribution is 0.250. The summed E-state index contributed by atoms with van der Waals surface area (Å²) in [6.45, 7) is 2.82. The minimum Gasteiger partial charge on any atom is -0.294 e. The van der Waals surface area contributed by atoms with E-state index in [-0.39, 0.29) is 6.04 Å². The van der Waals surface area contributed by atoms with Gasteiger partial charge in [-0.25, -0.2) is 9.67 Å². The summed E-state index contributed by atoms with van der Waals surface area (Å²) in [4.78, 5) is 6.14. The zero-order valence-corrected chi connectivity index (χ0v) is 13.8. The first-order valence-electron chi connectivity index (χ1n) is 6.77. The molecule has 0 aliphatic rings. The highest BCUT2D eigenvalue weighted by atomic mass is 35.5. The Labute approximate surface area is 137 Å². The summed E-state index contributed by atoms with van der Waals surface area (Å²) >= 11 is 7.28. The molecule has 1 aromatic carbocycles. The van der Waals surface area contributed by atoms with Gasteiger partial charge in [0.15, 0.2) is 0 Å². The van der Waals surface area contributed by atoms with Crippen molar-refractivity contribution >= 4 is 23.1 Å². The molecule has 0 spiro atoms. The fourth-order valence-electron chi connectivity index (χ4n) is 2.17. The zero-order chi connectivity index (χ0) is 15.5. The maximum Gasteiger partial charge on any atom is 0.138 e. The molecule has 6 nitrogen and oxygen atoms in total. The summed E-state index contributed by atoms with van der Waals surface area (Å²) in [6.07, 6.45) is 3.21. The van der Waals surface area contributed by atoms with Crippen LogP contribution in [0.3, 0.4) is 0 Å². The Morgan fingerprint density at radius 3 is 2.68 bits per heavy atom. The Kier molecular flexibility index (Phi) is 4.47. The fraction of sp³-hybridized carbons (Fsp3) is 0.286. The molecule has 0 radical (unpaired) electrons. The van der Waals surface area contributed by atoms with Gasteiger partial charge in [-0.15, -0.1) is 5.10 Å². The van der Waals surface area contributed by atoms with Gasteiger partial charge in [0.25, 0.3) is 0 Å². The lowest BCUT2D eigenvalue weighted by Gasteiger charge is -2.24. The first-order chi connectivity index (χ1) is 10.6. The maximum absolute atomic E-state index is 6.06. The largest absolute Gasteiger partial charge is 0.294 e. The highest BCUT2D eigenvalue weighted by Crippen LogP contribution is 2.24. The lowest BCUT2D eigenvalue weighted by Crippen LogP contribution is -2.22. The van der Waals surface area contributed by atoms with E-state index in [4.69, 9.17) is 11.6 Å². The van der Waals surface area contributed by atoms with E-state index in [2.05, 4.69) is 43.6 Å². The van der Waals surface area contributed by atoms with Crippen molar-refractivity contribution in [2.24, 2.45) is 0 Å². The third-order valence-corrected chi connectivity index (χ3v) is 4.61. The molecule has 0 aliphatic carbocycles. The molecule has 3 rings (SSSR count). The Morgan fingerprint density at radius 2 is 2.09 bits per heavy atom. The normalized spacial score (nSPS) is 12.7. The van der Waals surface area contributed by atoms with E-state index in [1.54, 1.807) is 11.0 Å². The van der Waals surface area contributed by atoms with Gasteiger partial charge >= 0.3 is 0 Å². The van der Waals surface area contributed by atoms with Crippen LogP contribution in [-0.4, -0.2) is 36.3 Å². The van der Waals surface area contributed by atoms with E-state index in [1.807, 2.05) is 19.2 Å². The van der Waals surface area contributed by atoms with E-state index in [0.717, 1.165) is 11.4 Å². The average Bonchev–Trinajstić information content (AvgIpc) is 3.19. The summed E-state index contributed by atoms with van der Waals surface area (Å²) in [6, 6.07) is 8.50. The van der Waals surface area contributed by atoms with Gasteiger partial charge in [-0.3, -0.25) is 4.90 Å². The van der Waals surface area contributed by atoms with Gasteiger partial charge < -0.3 is 0 Å². The molecule has 0 N–H and O–H groups in total. The molecule has 0 unspecified atom stereocenters. The van der Waals surface area contributed by atoms with Crippen LogP contribution in [-0.2, 0) is 6.54 Å². The van der Waals surface area contributed by atoms with Crippen LogP contribution in [0.15, 0.2) is 36.9 Å². The molecule has 0 fully saturated rings. The summed E-state index contributed by atoms with van der Waals surface area (Å²) in [5.74, 6) is 0. The quantitative estimate of drug-likeness (QED) is 0.718. The lowest BCUT2D eigenvalue weighted by atomic mass is 10.1. The molecule has 2 aromatic heterocycles. The predicted molar refractivity (Wildman–Crippen MR) is 86.2 cm³/mol. The Balaban J connectivity index is 1.71. The molecule has 3 aromatic rings. The number of halogens is 1. The van der Waals surface area contributed by atoms with Crippen LogP contribution >= 0.6 is 23.1 Å². The zero-order valence-electron chi connectivity index (χ0n) is 12.2. The van der Waals surface area contributed by atoms with Crippen molar-refractivity contribution in [3.63, 3.8) is 0 Å². The monoisotopic (exact) mass is 334 g/mol. The first kappa shape index (κ1) is 15.1. The third-order valence-electron chi connectivity index (χ3n) is 3.63.